The smallest absolute Gasteiger partial charge is 0.318 e. The van der Waals surface area contributed by atoms with Gasteiger partial charge in [0.15, 0.2) is 5.82 Å². The lowest BCUT2D eigenvalue weighted by Crippen LogP contribution is -2.39. The summed E-state index contributed by atoms with van der Waals surface area (Å²) in [6, 6.07) is 0.368. The second-order valence-corrected chi connectivity index (χ2v) is 5.59. The second kappa shape index (κ2) is 7.64. The maximum atomic E-state index is 6.26. The summed E-state index contributed by atoms with van der Waals surface area (Å²) in [5.41, 5.74) is 0. The molecule has 1 aromatic rings. The Hall–Kier alpha value is -1.07. The third kappa shape index (κ3) is 3.96. The van der Waals surface area contributed by atoms with E-state index in [0.29, 0.717) is 17.0 Å². The number of piperidine rings is 1. The van der Waals surface area contributed by atoms with E-state index in [2.05, 4.69) is 27.1 Å². The maximum absolute atomic E-state index is 6.26. The molecular formula is C14H23ClN4O. The molecule has 1 aromatic heterocycles. The van der Waals surface area contributed by atoms with Crippen LogP contribution in [0.2, 0.25) is 5.02 Å². The van der Waals surface area contributed by atoms with E-state index in [1.165, 1.54) is 12.8 Å². The fraction of sp³-hybridized carbons (Fsp3) is 0.714. The zero-order valence-electron chi connectivity index (χ0n) is 12.2. The molecule has 0 aromatic carbocycles. The Bertz CT molecular complexity index is 424. The van der Waals surface area contributed by atoms with Gasteiger partial charge in [-0.1, -0.05) is 18.5 Å². The molecule has 20 heavy (non-hydrogen) atoms. The van der Waals surface area contributed by atoms with Crippen LogP contribution < -0.4 is 15.0 Å². The Labute approximate surface area is 125 Å². The van der Waals surface area contributed by atoms with Crippen molar-refractivity contribution in [2.24, 2.45) is 5.92 Å². The van der Waals surface area contributed by atoms with Gasteiger partial charge in [-0.25, -0.2) is 4.98 Å². The minimum Gasteiger partial charge on any atom is -0.467 e. The van der Waals surface area contributed by atoms with Gasteiger partial charge in [-0.2, -0.15) is 4.98 Å². The van der Waals surface area contributed by atoms with Gasteiger partial charge < -0.3 is 15.0 Å². The number of anilines is 1. The normalized spacial score (nSPS) is 18.9. The first-order chi connectivity index (χ1) is 9.74. The first-order valence-corrected chi connectivity index (χ1v) is 7.64. The first kappa shape index (κ1) is 15.3. The standard InChI is InChI=1S/C14H23ClN4O/c1-3-7-19(10-11-5-4-6-16-8-11)13-12(15)9-17-14(18-13)20-2/h9,11,16H,3-8,10H2,1-2H3. The summed E-state index contributed by atoms with van der Waals surface area (Å²) in [6.07, 6.45) is 5.17. The molecule has 2 heterocycles. The molecule has 0 saturated carbocycles. The van der Waals surface area contributed by atoms with Crippen molar-refractivity contribution in [3.05, 3.63) is 11.2 Å². The van der Waals surface area contributed by atoms with E-state index in [4.69, 9.17) is 16.3 Å². The number of nitrogens with one attached hydrogen (secondary N) is 1. The molecule has 1 saturated heterocycles. The summed E-state index contributed by atoms with van der Waals surface area (Å²) in [5.74, 6) is 1.43. The molecule has 2 rings (SSSR count). The van der Waals surface area contributed by atoms with E-state index < -0.39 is 0 Å². The lowest BCUT2D eigenvalue weighted by molar-refractivity contribution is 0.370. The Balaban J connectivity index is 2.13. The van der Waals surface area contributed by atoms with E-state index in [0.717, 1.165) is 38.4 Å². The largest absolute Gasteiger partial charge is 0.467 e. The number of halogens is 1. The molecule has 112 valence electrons. The van der Waals surface area contributed by atoms with Crippen LogP contribution in [0.5, 0.6) is 6.01 Å². The van der Waals surface area contributed by atoms with E-state index in [9.17, 15) is 0 Å². The minimum absolute atomic E-state index is 0.368. The van der Waals surface area contributed by atoms with Crippen LogP contribution in [0.4, 0.5) is 5.82 Å². The summed E-state index contributed by atoms with van der Waals surface area (Å²) in [5, 5.41) is 4.04. The van der Waals surface area contributed by atoms with Gasteiger partial charge in [0.1, 0.15) is 5.02 Å². The summed E-state index contributed by atoms with van der Waals surface area (Å²) in [7, 11) is 1.57. The van der Waals surface area contributed by atoms with Crippen molar-refractivity contribution >= 4 is 17.4 Å². The van der Waals surface area contributed by atoms with Crippen LogP contribution in [0.1, 0.15) is 26.2 Å². The van der Waals surface area contributed by atoms with Crippen molar-refractivity contribution in [3.8, 4) is 6.01 Å². The number of hydrogen-bond acceptors (Lipinski definition) is 5. The monoisotopic (exact) mass is 298 g/mol. The number of hydrogen-bond donors (Lipinski definition) is 1. The van der Waals surface area contributed by atoms with Crippen molar-refractivity contribution in [2.45, 2.75) is 26.2 Å². The Morgan fingerprint density at radius 2 is 2.40 bits per heavy atom. The highest BCUT2D eigenvalue weighted by atomic mass is 35.5. The van der Waals surface area contributed by atoms with E-state index in [1.807, 2.05) is 0 Å². The molecule has 6 heteroatoms. The molecule has 1 N–H and O–H groups in total. The Morgan fingerprint density at radius 3 is 3.05 bits per heavy atom. The minimum atomic E-state index is 0.368. The molecule has 5 nitrogen and oxygen atoms in total. The van der Waals surface area contributed by atoms with Gasteiger partial charge in [0, 0.05) is 13.1 Å². The molecule has 1 unspecified atom stereocenters. The summed E-state index contributed by atoms with van der Waals surface area (Å²) in [6.45, 7) is 6.28. The molecule has 0 bridgehead atoms. The van der Waals surface area contributed by atoms with Crippen molar-refractivity contribution < 1.29 is 4.74 Å². The van der Waals surface area contributed by atoms with Gasteiger partial charge in [0.2, 0.25) is 0 Å². The maximum Gasteiger partial charge on any atom is 0.318 e. The molecule has 0 amide bonds. The van der Waals surface area contributed by atoms with Crippen LogP contribution in [-0.4, -0.2) is 43.3 Å². The van der Waals surface area contributed by atoms with Gasteiger partial charge in [0.05, 0.1) is 13.3 Å². The lowest BCUT2D eigenvalue weighted by atomic mass is 9.99. The molecular weight excluding hydrogens is 276 g/mol. The fourth-order valence-corrected chi connectivity index (χ4v) is 2.82. The molecule has 0 spiro atoms. The van der Waals surface area contributed by atoms with Gasteiger partial charge >= 0.3 is 6.01 Å². The van der Waals surface area contributed by atoms with Crippen LogP contribution in [0, 0.1) is 5.92 Å². The fourth-order valence-electron chi connectivity index (χ4n) is 2.61. The van der Waals surface area contributed by atoms with Crippen molar-refractivity contribution in [3.63, 3.8) is 0 Å². The zero-order chi connectivity index (χ0) is 14.4. The Morgan fingerprint density at radius 1 is 1.55 bits per heavy atom. The van der Waals surface area contributed by atoms with Crippen LogP contribution in [0.15, 0.2) is 6.20 Å². The van der Waals surface area contributed by atoms with Crippen molar-refractivity contribution in [1.29, 1.82) is 0 Å². The van der Waals surface area contributed by atoms with E-state index in [-0.39, 0.29) is 0 Å². The quantitative estimate of drug-likeness (QED) is 0.874. The van der Waals surface area contributed by atoms with Crippen molar-refractivity contribution in [1.82, 2.24) is 15.3 Å². The van der Waals surface area contributed by atoms with Crippen LogP contribution in [-0.2, 0) is 0 Å². The van der Waals surface area contributed by atoms with E-state index >= 15 is 0 Å². The van der Waals surface area contributed by atoms with Crippen LogP contribution >= 0.6 is 11.6 Å². The molecule has 1 atom stereocenters. The number of ether oxygens (including phenoxy) is 1. The summed E-state index contributed by atoms with van der Waals surface area (Å²) in [4.78, 5) is 10.7. The lowest BCUT2D eigenvalue weighted by Gasteiger charge is -2.31. The zero-order valence-corrected chi connectivity index (χ0v) is 13.0. The van der Waals surface area contributed by atoms with Gasteiger partial charge in [-0.05, 0) is 38.3 Å². The molecule has 1 fully saturated rings. The molecule has 0 aliphatic carbocycles. The number of aromatic nitrogens is 2. The predicted molar refractivity (Wildman–Crippen MR) is 81.7 cm³/mol. The van der Waals surface area contributed by atoms with Gasteiger partial charge in [-0.3, -0.25) is 0 Å². The summed E-state index contributed by atoms with van der Waals surface area (Å²) >= 11 is 6.26. The number of methoxy groups -OCH3 is 1. The molecule has 0 radical (unpaired) electrons. The topological polar surface area (TPSA) is 50.3 Å². The van der Waals surface area contributed by atoms with Gasteiger partial charge in [0.25, 0.3) is 0 Å². The van der Waals surface area contributed by atoms with Crippen molar-refractivity contribution in [2.75, 3.05) is 38.2 Å². The van der Waals surface area contributed by atoms with Gasteiger partial charge in [-0.15, -0.1) is 0 Å². The third-order valence-corrected chi connectivity index (χ3v) is 3.82. The number of rotatable bonds is 6. The highest BCUT2D eigenvalue weighted by Gasteiger charge is 2.20. The Kier molecular flexibility index (Phi) is 5.86. The molecule has 1 aliphatic heterocycles. The summed E-state index contributed by atoms with van der Waals surface area (Å²) < 4.78 is 5.11. The average Bonchev–Trinajstić information content (AvgIpc) is 2.48. The first-order valence-electron chi connectivity index (χ1n) is 7.26. The van der Waals surface area contributed by atoms with E-state index in [1.54, 1.807) is 13.3 Å². The number of nitrogens with zero attached hydrogens (tertiary/aromatic N) is 3. The molecule has 1 aliphatic rings. The highest BCUT2D eigenvalue weighted by molar-refractivity contribution is 6.32. The average molecular weight is 299 g/mol. The highest BCUT2D eigenvalue weighted by Crippen LogP contribution is 2.26. The second-order valence-electron chi connectivity index (χ2n) is 5.19. The predicted octanol–water partition coefficient (Wildman–Crippen LogP) is 2.35. The van der Waals surface area contributed by atoms with Crippen LogP contribution in [0.3, 0.4) is 0 Å². The van der Waals surface area contributed by atoms with Crippen LogP contribution in [0.25, 0.3) is 0 Å². The SMILES string of the molecule is CCCN(CC1CCCNC1)c1nc(OC)ncc1Cl. The third-order valence-electron chi connectivity index (χ3n) is 3.56.